The molecule has 4 aliphatic carbocycles. The maximum absolute atomic E-state index is 14.7. The average molecular weight is 2130 g/mol. The summed E-state index contributed by atoms with van der Waals surface area (Å²) in [5.74, 6) is 15.8. The van der Waals surface area contributed by atoms with Crippen molar-refractivity contribution in [2.75, 3.05) is 106 Å². The van der Waals surface area contributed by atoms with Gasteiger partial charge in [0.25, 0.3) is 0 Å². The van der Waals surface area contributed by atoms with E-state index in [4.69, 9.17) is 80.6 Å². The van der Waals surface area contributed by atoms with Crippen LogP contribution in [0.5, 0.6) is 17.2 Å². The van der Waals surface area contributed by atoms with Crippen LogP contribution < -0.4 is 55.7 Å². The number of carbonyl (C=O) groups excluding carboxylic acids is 9. The number of halogens is 1. The van der Waals surface area contributed by atoms with Gasteiger partial charge in [-0.25, -0.2) is 23.9 Å². The SMILES string of the molecule is CCN(C(=O)CNC(=O)OCc1ccc(NC(=O)[C@H](C)NC(=O)[C@@H](NC(=O)OCCOCCNS(=O)(=O)NC(=O)OCC2[C@H]3CCC#CCC[C@@H]23)C(C)C)cc1)[C@H]1CO[C@@H](OC2[C@H](O[C@H]3C#C/C=C\C#C[C@@]4(O)CC(=O)C(NC(=O)OC)=C3/C4=C\CSSSC)OC(C)[C@@H](NO[C@H]3CC(O)[C@H](SC(=O)c4c(C)c(I)c(O[C@@H]5OC(C)[C@H](O)[C@H](OC)C5O)c(OC)c4OC)C(C)O3)[C@@H]2O)C[C@H]1OC. The van der Waals surface area contributed by atoms with Gasteiger partial charge in [0.15, 0.2) is 41.8 Å². The molecular weight excluding hydrogens is 2010 g/mol. The lowest BCUT2D eigenvalue weighted by Gasteiger charge is -2.47. The van der Waals surface area contributed by atoms with Crippen LogP contribution in [0.2, 0.25) is 0 Å². The molecule has 4 saturated heterocycles. The summed E-state index contributed by atoms with van der Waals surface area (Å²) in [6.07, 6.45) is -14.6. The number of nitrogens with zero attached hydrogens (tertiary/aromatic N) is 1. The van der Waals surface area contributed by atoms with E-state index in [1.54, 1.807) is 66.7 Å². The van der Waals surface area contributed by atoms with Crippen LogP contribution in [-0.4, -0.2) is 319 Å². The van der Waals surface area contributed by atoms with Gasteiger partial charge in [-0.2, -0.15) is 18.6 Å². The second kappa shape index (κ2) is 52.6. The molecule has 756 valence electrons. The van der Waals surface area contributed by atoms with Gasteiger partial charge >= 0.3 is 34.6 Å². The van der Waals surface area contributed by atoms with Gasteiger partial charge in [-0.3, -0.25) is 34.1 Å². The number of hydroxylamine groups is 1. The number of hydrogen-bond donors (Lipinski definition) is 13. The third-order valence-electron chi connectivity index (χ3n) is 23.7. The van der Waals surface area contributed by atoms with E-state index in [0.29, 0.717) is 32.2 Å². The predicted molar refractivity (Wildman–Crippen MR) is 506 cm³/mol. The maximum Gasteiger partial charge on any atom is 0.421 e. The summed E-state index contributed by atoms with van der Waals surface area (Å²) >= 11 is 2.74. The van der Waals surface area contributed by atoms with Gasteiger partial charge in [0.1, 0.15) is 68.5 Å². The molecule has 0 aromatic heterocycles. The largest absolute Gasteiger partial charge is 0.492 e. The zero-order valence-corrected chi connectivity index (χ0v) is 84.2. The second-order valence-electron chi connectivity index (χ2n) is 33.1. The van der Waals surface area contributed by atoms with Crippen molar-refractivity contribution in [3.05, 3.63) is 79.6 Å². The van der Waals surface area contributed by atoms with Crippen LogP contribution in [0.3, 0.4) is 0 Å². The molecular formula is C89H120IN9O33S5. The van der Waals surface area contributed by atoms with Gasteiger partial charge in [0.2, 0.25) is 34.9 Å². The molecule has 42 nitrogen and oxygen atoms in total. The number of aliphatic hydroxyl groups excluding tert-OH is 4. The molecule has 137 heavy (non-hydrogen) atoms. The van der Waals surface area contributed by atoms with Gasteiger partial charge in [0.05, 0.1) is 117 Å². The van der Waals surface area contributed by atoms with Crippen LogP contribution in [0.1, 0.15) is 115 Å². The Morgan fingerprint density at radius 3 is 2.13 bits per heavy atom. The van der Waals surface area contributed by atoms with E-state index in [1.807, 2.05) is 33.6 Å². The first-order valence-electron chi connectivity index (χ1n) is 44.2. The fraction of sp³-hybridized carbons (Fsp3) is 0.629. The minimum atomic E-state index is -4.26. The zero-order chi connectivity index (χ0) is 99.7. The number of ether oxygens (including phenoxy) is 16. The Hall–Kier alpha value is -8.03. The summed E-state index contributed by atoms with van der Waals surface area (Å²) in [6, 6.07) is 1.86. The van der Waals surface area contributed by atoms with Crippen molar-refractivity contribution in [3.63, 3.8) is 0 Å². The van der Waals surface area contributed by atoms with E-state index in [0.717, 1.165) is 44.6 Å². The molecule has 13 N–H and O–H groups in total. The number of methoxy groups -OCH3 is 5. The number of amides is 7. The summed E-state index contributed by atoms with van der Waals surface area (Å²) < 4.78 is 123. The van der Waals surface area contributed by atoms with Crippen molar-refractivity contribution in [3.8, 4) is 52.8 Å². The quantitative estimate of drug-likeness (QED) is 0.0108. The lowest BCUT2D eigenvalue weighted by atomic mass is 9.75. The van der Waals surface area contributed by atoms with E-state index in [-0.39, 0.29) is 117 Å². The molecule has 4 aliphatic heterocycles. The summed E-state index contributed by atoms with van der Waals surface area (Å²) in [4.78, 5) is 129. The Morgan fingerprint density at radius 1 is 0.759 bits per heavy atom. The number of hydrogen-bond acceptors (Lipinski definition) is 38. The summed E-state index contributed by atoms with van der Waals surface area (Å²) in [7, 11) is 6.54. The number of carbonyl (C=O) groups is 9. The summed E-state index contributed by atoms with van der Waals surface area (Å²) in [6.45, 7) is 11.2. The van der Waals surface area contributed by atoms with Gasteiger partial charge in [-0.15, -0.1) is 11.8 Å². The first kappa shape index (κ1) is 111. The molecule has 2 bridgehead atoms. The Balaban J connectivity index is 0.732. The highest BCUT2D eigenvalue weighted by Crippen LogP contribution is 2.53. The molecule has 2 aromatic rings. The van der Waals surface area contributed by atoms with Gasteiger partial charge in [-0.1, -0.05) is 89.1 Å². The van der Waals surface area contributed by atoms with Crippen molar-refractivity contribution in [2.45, 2.75) is 234 Å². The number of ketones is 1. The van der Waals surface area contributed by atoms with Gasteiger partial charge in [0, 0.05) is 75.6 Å². The van der Waals surface area contributed by atoms with Crippen LogP contribution in [0.4, 0.5) is 24.9 Å². The van der Waals surface area contributed by atoms with Crippen molar-refractivity contribution >= 4 is 135 Å². The number of likely N-dealkylation sites (N-methyl/N-ethyl adjacent to an activating group) is 1. The topological polar surface area (TPSA) is 545 Å². The highest BCUT2D eigenvalue weighted by molar-refractivity contribution is 14.1. The van der Waals surface area contributed by atoms with Gasteiger partial charge < -0.3 is 127 Å². The minimum absolute atomic E-state index is 0.0139. The lowest BCUT2D eigenvalue weighted by Crippen LogP contribution is -2.65. The number of thioether (sulfide) groups is 1. The number of alkyl carbamates (subject to hydrolysis) is 3. The molecule has 7 amide bonds. The molecule has 0 radical (unpaired) electrons. The van der Waals surface area contributed by atoms with Crippen LogP contribution in [-0.2, 0) is 102 Å². The summed E-state index contributed by atoms with van der Waals surface area (Å²) in [5.41, 5.74) is 1.54. The molecule has 4 heterocycles. The van der Waals surface area contributed by atoms with E-state index in [1.165, 1.54) is 96.0 Å². The second-order valence-corrected chi connectivity index (χ2v) is 41.2. The van der Waals surface area contributed by atoms with Crippen LogP contribution in [0.15, 0.2) is 59.3 Å². The molecule has 24 atom stereocenters. The standard InChI is InChI=1S/C89H120IN9O33S5/c1-15-99(62(102)41-91-85(109)124-42-51-27-29-52(30-28-51)94-80(106)47(5)93-81(107)68(45(2)3)95-87(111)122-36-35-121-34-33-92-137(114,115)98-88(112)125-43-55-53-24-20-16-17-21-25-54(53)55)57-44-123-63(39-61(57)116-9)130-77-72(104)69(48(6)127-84(77)129-60-26-22-18-19-23-32-89(113)40-59(101)70(96-86(110)120-13)66(60)56(89)31-37-134-136-133-14)97-132-64-38-58(100)79(50(8)126-64)135-82(108)65-46(4)67(90)75(78(119-12)74(65)117-10)131-83-73(105)76(118-11)71(103)49(7)128-83/h18-19,27-31,45,47-50,53-55,57-58,60-61,63-64,68-69,71-73,76-77,79,83-84,92,97,100,103-105,113H,15,20-21,24-25,33-44H2,1-14H3,(H,91,109)(H,93,107)(H,94,106)(H,95,111)(H,96,110)(H,98,112)/b19-18-,56-31+/t47-,48?,49?,50?,53-,54+,55?,57-,58?,60-,61+,63-,64-,68-,69+,71-,72-,73?,76-,77?,79+,83-,84-,89+/m0/s1. The van der Waals surface area contributed by atoms with Crippen LogP contribution in [0, 0.1) is 69.7 Å². The van der Waals surface area contributed by atoms with E-state index in [9.17, 15) is 77.1 Å². The molecule has 5 fully saturated rings. The molecule has 8 aliphatic rings. The fourth-order valence-electron chi connectivity index (χ4n) is 16.5. The highest BCUT2D eigenvalue weighted by Gasteiger charge is 2.54. The molecule has 1 saturated carbocycles. The molecule has 0 spiro atoms. The van der Waals surface area contributed by atoms with Crippen LogP contribution in [0.25, 0.3) is 0 Å². The van der Waals surface area contributed by atoms with E-state index >= 15 is 0 Å². The molecule has 10 rings (SSSR count). The number of Topliss-reactive ketones (excluding diaryl/α,β-unsaturated/α-hetero) is 1. The normalized spacial score (nSPS) is 29.3. The molecule has 48 heteroatoms. The lowest BCUT2D eigenvalue weighted by molar-refractivity contribution is -0.337. The molecule has 7 unspecified atom stereocenters. The van der Waals surface area contributed by atoms with E-state index < -0.39 is 209 Å². The Kier molecular flexibility index (Phi) is 42.6. The fourth-order valence-corrected chi connectivity index (χ4v) is 21.4. The number of anilines is 1. The van der Waals surface area contributed by atoms with Crippen molar-refractivity contribution < 1.29 is 158 Å². The third kappa shape index (κ3) is 29.8. The van der Waals surface area contributed by atoms with Crippen molar-refractivity contribution in [1.29, 1.82) is 0 Å². The Bertz CT molecular complexity index is 4960. The number of nitrogens with one attached hydrogen (secondary N) is 8. The monoisotopic (exact) mass is 2130 g/mol. The number of aliphatic hydroxyl groups is 5. The smallest absolute Gasteiger partial charge is 0.421 e. The van der Waals surface area contributed by atoms with Gasteiger partial charge in [-0.05, 0) is 152 Å². The Labute approximate surface area is 823 Å². The minimum Gasteiger partial charge on any atom is -0.492 e. The average Bonchev–Trinajstić information content (AvgIpc) is 1.64. The Morgan fingerprint density at radius 2 is 1.47 bits per heavy atom. The predicted octanol–water partition coefficient (Wildman–Crippen LogP) is 4.57. The summed E-state index contributed by atoms with van der Waals surface area (Å²) in [5, 5.41) is 70.4. The zero-order valence-electron chi connectivity index (χ0n) is 78.0. The third-order valence-corrected chi connectivity index (χ3v) is 31.2. The molecule has 2 aromatic carbocycles. The first-order valence-corrected chi connectivity index (χ1v) is 51.7. The number of benzene rings is 2. The van der Waals surface area contributed by atoms with Crippen molar-refractivity contribution in [2.24, 2.45) is 23.7 Å². The number of rotatable bonds is 42. The van der Waals surface area contributed by atoms with E-state index in [2.05, 4.69) is 72.3 Å². The van der Waals surface area contributed by atoms with Crippen molar-refractivity contribution in [1.82, 2.24) is 41.1 Å². The maximum atomic E-state index is 14.7. The number of allylic oxidation sites excluding steroid dienone is 3. The number of fused-ring (bicyclic) bond motifs is 3. The highest BCUT2D eigenvalue weighted by atomic mass is 127. The first-order chi connectivity index (χ1) is 65.4. The van der Waals surface area contributed by atoms with Crippen LogP contribution >= 0.6 is 65.8 Å².